The molecule has 8 aliphatic rings. The average molecular weight is 962 g/mol. The molecule has 0 saturated carbocycles. The number of hydrogen-bond donors (Lipinski definition) is 2. The Kier molecular flexibility index (Phi) is 34.5. The van der Waals surface area contributed by atoms with Crippen LogP contribution in [0.5, 0.6) is 0 Å². The number of carbonyl (C=O) groups excluding carboxylic acids is 2. The van der Waals surface area contributed by atoms with Crippen molar-refractivity contribution in [1.29, 1.82) is 5.53 Å². The molecule has 8 heterocycles. The van der Waals surface area contributed by atoms with Crippen LogP contribution >= 0.6 is 7.14 Å². The molecule has 67 heavy (non-hydrogen) atoms. The largest absolute Gasteiger partial charge is 0.437 e. The van der Waals surface area contributed by atoms with Crippen molar-refractivity contribution < 1.29 is 24.1 Å². The second kappa shape index (κ2) is 35.8. The summed E-state index contributed by atoms with van der Waals surface area (Å²) in [7, 11) is 6.14. The summed E-state index contributed by atoms with van der Waals surface area (Å²) in [6.07, 6.45) is 16.4. The number of nitrogens with one attached hydrogen (secondary N) is 1. The summed E-state index contributed by atoms with van der Waals surface area (Å²) in [6.45, 7) is 36.4. The van der Waals surface area contributed by atoms with E-state index in [1.165, 1.54) is 104 Å². The summed E-state index contributed by atoms with van der Waals surface area (Å²) in [5, 5.41) is 9.12. The highest BCUT2D eigenvalue weighted by Crippen LogP contribution is 2.37. The Hall–Kier alpha value is -2.29. The smallest absolute Gasteiger partial charge is 0.395 e. The third kappa shape index (κ3) is 21.3. The van der Waals surface area contributed by atoms with Crippen molar-refractivity contribution in [3.05, 3.63) is 0 Å². The lowest BCUT2D eigenvalue weighted by atomic mass is 10.2. The highest BCUT2D eigenvalue weighted by atomic mass is 31.2. The van der Waals surface area contributed by atoms with E-state index in [0.717, 1.165) is 70.1 Å². The molecule has 8 rings (SSSR count). The Balaban J connectivity index is 0.000000784. The predicted molar refractivity (Wildman–Crippen MR) is 283 cm³/mol. The number of nitrogens with zero attached hydrogens (tertiary/aromatic N) is 9. The molecule has 8 unspecified atom stereocenters. The second-order valence-corrected chi connectivity index (χ2v) is 21.5. The van der Waals surface area contributed by atoms with Gasteiger partial charge >= 0.3 is 5.45 Å². The zero-order valence-electron chi connectivity index (χ0n) is 45.8. The first-order chi connectivity index (χ1) is 32.1. The Bertz CT molecular complexity index is 1570. The Morgan fingerprint density at radius 3 is 1.39 bits per heavy atom. The lowest BCUT2D eigenvalue weighted by Crippen LogP contribution is -2.51. The lowest BCUT2D eigenvalue weighted by molar-refractivity contribution is -0.132. The molecule has 8 fully saturated rings. The SMILES string of the molecule is C#CC1CCC2CN(C)CCN12.CC.CC.CC.CC.CC#CC1CCC2CN(C)CCN12.CC(=O)C(=[N+]=N)P(C)(C)=O.CN1CCN2C(C=O)CCC2C1.CN1CCN2C(CO)CCC2C1. The predicted octanol–water partition coefficient (Wildman–Crippen LogP) is 5.85. The first kappa shape index (κ1) is 64.7. The number of likely N-dealkylation sites (N-methyl/N-ethyl adjacent to an activating group) is 4. The number of ketones is 1. The van der Waals surface area contributed by atoms with Gasteiger partial charge in [-0.1, -0.05) is 67.2 Å². The van der Waals surface area contributed by atoms with Crippen LogP contribution in [0.1, 0.15) is 121 Å². The molecule has 0 aliphatic carbocycles. The molecule has 0 aromatic rings. The molecule has 8 saturated heterocycles. The van der Waals surface area contributed by atoms with Gasteiger partial charge < -0.3 is 34.1 Å². The Morgan fingerprint density at radius 1 is 0.642 bits per heavy atom. The minimum absolute atomic E-state index is 0.118. The van der Waals surface area contributed by atoms with Crippen LogP contribution in [0.2, 0.25) is 0 Å². The monoisotopic (exact) mass is 962 g/mol. The number of fused-ring (bicyclic) bond motifs is 4. The van der Waals surface area contributed by atoms with Crippen molar-refractivity contribution in [3.63, 3.8) is 0 Å². The number of aliphatic hydroxyl groups is 1. The molecular formula is C52H102N10O4P+. The van der Waals surface area contributed by atoms with E-state index < -0.39 is 7.14 Å². The third-order valence-electron chi connectivity index (χ3n) is 13.6. The average Bonchev–Trinajstić information content (AvgIpc) is 4.14. The Labute approximate surface area is 411 Å². The van der Waals surface area contributed by atoms with Gasteiger partial charge in [0.25, 0.3) is 0 Å². The van der Waals surface area contributed by atoms with Gasteiger partial charge in [0.15, 0.2) is 7.14 Å². The minimum Gasteiger partial charge on any atom is -0.395 e. The highest BCUT2D eigenvalue weighted by molar-refractivity contribution is 7.81. The zero-order chi connectivity index (χ0) is 51.3. The summed E-state index contributed by atoms with van der Waals surface area (Å²) < 4.78 is 11.1. The fraction of sp³-hybridized carbons (Fsp3) is 0.865. The van der Waals surface area contributed by atoms with Gasteiger partial charge in [-0.05, 0) is 86.5 Å². The van der Waals surface area contributed by atoms with Gasteiger partial charge in [-0.25, -0.2) is 0 Å². The standard InChI is InChI=1S/C11H18N2.C10H16N2.C9H18N2O.C9H16N2O.C5H10N2O2P.4C2H6/c1-3-4-10-5-6-11-9-12(2)7-8-13(10)11;1-3-9-4-5-10-8-11(2)6-7-12(9)10;2*1-10-4-5-11-8(6-10)2-3-9(11)7-12;1-4(8)5(7-6)10(2,3)9;4*1-2/h10-11H,5-9H2,1-2H3;1,9-10H,4-8H2,2H3;8-9,12H,2-7H2,1H3;7-9H,2-6H2,1H3;6H,1-3H3;4*1-2H3/q;;;;+1;;;;. The van der Waals surface area contributed by atoms with E-state index in [-0.39, 0.29) is 17.3 Å². The van der Waals surface area contributed by atoms with Crippen LogP contribution in [0, 0.1) is 29.7 Å². The Morgan fingerprint density at radius 2 is 1.01 bits per heavy atom. The maximum absolute atomic E-state index is 11.1. The van der Waals surface area contributed by atoms with Crippen molar-refractivity contribution in [3.8, 4) is 24.2 Å². The van der Waals surface area contributed by atoms with Crippen LogP contribution in [0.3, 0.4) is 0 Å². The maximum atomic E-state index is 11.1. The summed E-state index contributed by atoms with van der Waals surface area (Å²) in [6, 6.07) is 4.58. The van der Waals surface area contributed by atoms with Crippen molar-refractivity contribution >= 4 is 24.7 Å². The summed E-state index contributed by atoms with van der Waals surface area (Å²) in [4.78, 5) is 43.7. The first-order valence-corrected chi connectivity index (χ1v) is 28.8. The van der Waals surface area contributed by atoms with E-state index in [4.69, 9.17) is 17.1 Å². The summed E-state index contributed by atoms with van der Waals surface area (Å²) in [5.41, 5.74) is 6.42. The van der Waals surface area contributed by atoms with E-state index >= 15 is 0 Å². The van der Waals surface area contributed by atoms with E-state index in [1.54, 1.807) is 0 Å². The van der Waals surface area contributed by atoms with E-state index in [2.05, 4.69) is 89.9 Å². The fourth-order valence-corrected chi connectivity index (χ4v) is 11.4. The molecule has 2 N–H and O–H groups in total. The molecule has 0 spiro atoms. The number of terminal acetylenes is 1. The van der Waals surface area contributed by atoms with Gasteiger partial charge in [0.2, 0.25) is 5.78 Å². The van der Waals surface area contributed by atoms with Crippen LogP contribution in [-0.2, 0) is 14.2 Å². The van der Waals surface area contributed by atoms with Crippen molar-refractivity contribution in [2.75, 3.05) is 127 Å². The quantitative estimate of drug-likeness (QED) is 0.0875. The van der Waals surface area contributed by atoms with Crippen molar-refractivity contribution in [2.45, 2.75) is 169 Å². The molecule has 0 aromatic heterocycles. The number of Topliss-reactive ketones (excluding diaryl/α,β-unsaturated/α-hetero) is 1. The first-order valence-electron chi connectivity index (χ1n) is 26.2. The number of rotatable bonds is 4. The molecule has 388 valence electrons. The number of hydrogen-bond acceptors (Lipinski definition) is 13. The lowest BCUT2D eigenvalue weighted by Gasteiger charge is -2.37. The number of aliphatic hydroxyl groups excluding tert-OH is 1. The molecule has 0 radical (unpaired) electrons. The van der Waals surface area contributed by atoms with Crippen molar-refractivity contribution in [2.24, 2.45) is 0 Å². The summed E-state index contributed by atoms with van der Waals surface area (Å²) >= 11 is 0. The van der Waals surface area contributed by atoms with Gasteiger partial charge in [0.05, 0.1) is 35.1 Å². The van der Waals surface area contributed by atoms with E-state index in [9.17, 15) is 14.2 Å². The van der Waals surface area contributed by atoms with Crippen LogP contribution in [0.4, 0.5) is 0 Å². The topological polar surface area (TPSA) is 135 Å². The van der Waals surface area contributed by atoms with Gasteiger partial charge in [-0.2, -0.15) is 0 Å². The third-order valence-corrected chi connectivity index (χ3v) is 15.0. The van der Waals surface area contributed by atoms with Crippen LogP contribution in [0.15, 0.2) is 0 Å². The van der Waals surface area contributed by atoms with E-state index in [1.807, 2.05) is 62.3 Å². The highest BCUT2D eigenvalue weighted by Gasteiger charge is 2.38. The van der Waals surface area contributed by atoms with Crippen molar-refractivity contribution in [1.82, 2.24) is 39.2 Å². The van der Waals surface area contributed by atoms with E-state index in [0.29, 0.717) is 30.8 Å². The molecule has 0 bridgehead atoms. The number of piperazine rings is 4. The molecule has 8 aliphatic heterocycles. The summed E-state index contributed by atoms with van der Waals surface area (Å²) in [5.74, 6) is 8.86. The maximum Gasteiger partial charge on any atom is 0.437 e. The second-order valence-electron chi connectivity index (χ2n) is 18.4. The molecule has 8 atom stereocenters. The molecule has 15 heteroatoms. The van der Waals surface area contributed by atoms with Gasteiger partial charge in [0.1, 0.15) is 6.29 Å². The van der Waals surface area contributed by atoms with Gasteiger partial charge in [-0.3, -0.25) is 24.4 Å². The fourth-order valence-electron chi connectivity index (χ4n) is 10.4. The van der Waals surface area contributed by atoms with Gasteiger partial charge in [0, 0.05) is 129 Å². The van der Waals surface area contributed by atoms with Gasteiger partial charge in [-0.15, -0.1) is 12.3 Å². The van der Waals surface area contributed by atoms with Crippen LogP contribution in [0.25, 0.3) is 0 Å². The zero-order valence-corrected chi connectivity index (χ0v) is 46.7. The van der Waals surface area contributed by atoms with Crippen LogP contribution in [-0.4, -0.2) is 242 Å². The number of aldehydes is 1. The minimum atomic E-state index is -2.62. The number of carbonyl (C=O) groups is 2. The normalized spacial score (nSPS) is 29.2. The molecule has 0 amide bonds. The molecule has 14 nitrogen and oxygen atoms in total. The molecule has 0 aromatic carbocycles. The van der Waals surface area contributed by atoms with Crippen LogP contribution < -0.4 is 0 Å². The molecular weight excluding hydrogens is 860 g/mol.